The molecule has 0 aromatic heterocycles. The molecule has 5 heteroatoms. The van der Waals surface area contributed by atoms with Crippen LogP contribution in [0.2, 0.25) is 0 Å². The number of fused-ring (bicyclic) bond motifs is 1. The van der Waals surface area contributed by atoms with Gasteiger partial charge in [-0.2, -0.15) is 5.26 Å². The lowest BCUT2D eigenvalue weighted by atomic mass is 9.55. The third-order valence-electron chi connectivity index (χ3n) is 7.59. The summed E-state index contributed by atoms with van der Waals surface area (Å²) in [6, 6.07) is 2.29. The molecule has 2 aliphatic carbocycles. The van der Waals surface area contributed by atoms with Crippen molar-refractivity contribution in [2.75, 3.05) is 0 Å². The van der Waals surface area contributed by atoms with Gasteiger partial charge in [-0.1, -0.05) is 41.5 Å². The summed E-state index contributed by atoms with van der Waals surface area (Å²) < 4.78 is 11.7. The van der Waals surface area contributed by atoms with Gasteiger partial charge in [0.05, 0.1) is 11.5 Å². The molecule has 6 unspecified atom stereocenters. The number of rotatable bonds is 2. The smallest absolute Gasteiger partial charge is 0.313 e. The van der Waals surface area contributed by atoms with Gasteiger partial charge in [0, 0.05) is 11.8 Å². The topological polar surface area (TPSA) is 79.6 Å². The average molecular weight is 349 g/mol. The van der Waals surface area contributed by atoms with Crippen molar-refractivity contribution >= 4 is 5.97 Å². The number of aliphatic hydroxyl groups is 1. The van der Waals surface area contributed by atoms with E-state index in [1.165, 1.54) is 0 Å². The van der Waals surface area contributed by atoms with Crippen LogP contribution in [0.25, 0.3) is 0 Å². The Hall–Kier alpha value is -1.12. The van der Waals surface area contributed by atoms with Crippen molar-refractivity contribution in [3.63, 3.8) is 0 Å². The van der Waals surface area contributed by atoms with Gasteiger partial charge in [-0.25, -0.2) is 0 Å². The highest BCUT2D eigenvalue weighted by Gasteiger charge is 2.71. The van der Waals surface area contributed by atoms with Crippen LogP contribution in [0.4, 0.5) is 0 Å². The lowest BCUT2D eigenvalue weighted by Gasteiger charge is -2.49. The van der Waals surface area contributed by atoms with E-state index in [1.807, 2.05) is 6.92 Å². The van der Waals surface area contributed by atoms with Gasteiger partial charge in [0.15, 0.2) is 6.29 Å². The SMILES string of the molecule is CC(C)(C)C(C)(C(=O)OC1C2CC3C1OC(O)C3(C#N)C2)C(C)(C)C. The molecule has 0 aromatic rings. The van der Waals surface area contributed by atoms with Crippen molar-refractivity contribution in [1.82, 2.24) is 0 Å². The first-order valence-corrected chi connectivity index (χ1v) is 9.25. The third-order valence-corrected chi connectivity index (χ3v) is 7.59. The number of ether oxygens (including phenoxy) is 2. The van der Waals surface area contributed by atoms with Gasteiger partial charge in [0.25, 0.3) is 0 Å². The van der Waals surface area contributed by atoms with Gasteiger partial charge in [0.2, 0.25) is 0 Å². The minimum absolute atomic E-state index is 0.0363. The van der Waals surface area contributed by atoms with E-state index in [-0.39, 0.29) is 40.8 Å². The van der Waals surface area contributed by atoms with Crippen molar-refractivity contribution in [2.45, 2.75) is 79.8 Å². The molecule has 0 amide bonds. The Balaban J connectivity index is 1.85. The Labute approximate surface area is 150 Å². The number of hydrogen-bond donors (Lipinski definition) is 1. The number of hydrogen-bond acceptors (Lipinski definition) is 5. The summed E-state index contributed by atoms with van der Waals surface area (Å²) in [7, 11) is 0. The van der Waals surface area contributed by atoms with Crippen LogP contribution in [0, 0.1) is 44.8 Å². The fraction of sp³-hybridized carbons (Fsp3) is 0.900. The van der Waals surface area contributed by atoms with Gasteiger partial charge >= 0.3 is 5.97 Å². The predicted octanol–water partition coefficient (Wildman–Crippen LogP) is 3.26. The normalized spacial score (nSPS) is 40.2. The Kier molecular flexibility index (Phi) is 3.88. The summed E-state index contributed by atoms with van der Waals surface area (Å²) in [5.74, 6) is -0.150. The molecule has 0 spiro atoms. The van der Waals surface area contributed by atoms with E-state index in [1.54, 1.807) is 0 Å². The zero-order valence-corrected chi connectivity index (χ0v) is 16.4. The number of nitrogens with zero attached hydrogens (tertiary/aromatic N) is 1. The van der Waals surface area contributed by atoms with E-state index in [0.29, 0.717) is 6.42 Å². The molecule has 25 heavy (non-hydrogen) atoms. The Morgan fingerprint density at radius 1 is 1.20 bits per heavy atom. The molecular formula is C20H31NO4. The third kappa shape index (κ3) is 2.23. The summed E-state index contributed by atoms with van der Waals surface area (Å²) in [5.41, 5.74) is -2.03. The summed E-state index contributed by atoms with van der Waals surface area (Å²) in [4.78, 5) is 13.3. The van der Waals surface area contributed by atoms with Gasteiger partial charge in [-0.15, -0.1) is 0 Å². The zero-order valence-electron chi connectivity index (χ0n) is 16.4. The van der Waals surface area contributed by atoms with Crippen molar-refractivity contribution < 1.29 is 19.4 Å². The molecule has 0 radical (unpaired) electrons. The van der Waals surface area contributed by atoms with Gasteiger partial charge in [-0.05, 0) is 30.6 Å². The molecule has 6 atom stereocenters. The van der Waals surface area contributed by atoms with Crippen LogP contribution in [0.3, 0.4) is 0 Å². The molecule has 3 aliphatic rings. The quantitative estimate of drug-likeness (QED) is 0.774. The Morgan fingerprint density at radius 2 is 1.76 bits per heavy atom. The maximum Gasteiger partial charge on any atom is 0.313 e. The molecule has 1 heterocycles. The number of esters is 1. The highest BCUT2D eigenvalue weighted by Crippen LogP contribution is 2.64. The summed E-state index contributed by atoms with van der Waals surface area (Å²) >= 11 is 0. The predicted molar refractivity (Wildman–Crippen MR) is 92.0 cm³/mol. The van der Waals surface area contributed by atoms with E-state index in [0.717, 1.165) is 6.42 Å². The van der Waals surface area contributed by atoms with Crippen molar-refractivity contribution in [1.29, 1.82) is 5.26 Å². The molecule has 2 saturated carbocycles. The highest BCUT2D eigenvalue weighted by molar-refractivity contribution is 5.78. The number of aliphatic hydroxyl groups excluding tert-OH is 1. The van der Waals surface area contributed by atoms with Crippen LogP contribution < -0.4 is 0 Å². The molecule has 140 valence electrons. The average Bonchev–Trinajstić information content (AvgIpc) is 3.05. The van der Waals surface area contributed by atoms with Gasteiger partial charge in [0.1, 0.15) is 17.6 Å². The van der Waals surface area contributed by atoms with E-state index in [2.05, 4.69) is 47.6 Å². The Morgan fingerprint density at radius 3 is 2.24 bits per heavy atom. The van der Waals surface area contributed by atoms with Crippen molar-refractivity contribution in [3.05, 3.63) is 0 Å². The second kappa shape index (κ2) is 5.20. The molecule has 0 aromatic carbocycles. The fourth-order valence-corrected chi connectivity index (χ4v) is 5.43. The van der Waals surface area contributed by atoms with Crippen molar-refractivity contribution in [2.24, 2.45) is 33.5 Å². The summed E-state index contributed by atoms with van der Waals surface area (Å²) in [6.45, 7) is 14.4. The summed E-state index contributed by atoms with van der Waals surface area (Å²) in [5, 5.41) is 19.8. The van der Waals surface area contributed by atoms with Crippen LogP contribution in [0.1, 0.15) is 61.3 Å². The molecule has 1 aliphatic heterocycles. The Bertz CT molecular complexity index is 609. The minimum Gasteiger partial charge on any atom is -0.459 e. The van der Waals surface area contributed by atoms with Crippen molar-refractivity contribution in [3.8, 4) is 6.07 Å². The number of nitriles is 1. The van der Waals surface area contributed by atoms with E-state index < -0.39 is 17.1 Å². The second-order valence-electron chi connectivity index (χ2n) is 10.4. The zero-order chi connectivity index (χ0) is 19.0. The lowest BCUT2D eigenvalue weighted by Crippen LogP contribution is -2.53. The maximum absolute atomic E-state index is 13.3. The fourth-order valence-electron chi connectivity index (χ4n) is 5.43. The first-order chi connectivity index (χ1) is 11.3. The largest absolute Gasteiger partial charge is 0.459 e. The maximum atomic E-state index is 13.3. The van der Waals surface area contributed by atoms with Crippen LogP contribution in [0.15, 0.2) is 0 Å². The standard InChI is InChI=1S/C20H31NO4/c1-17(2,3)19(7,18(4,5)6)15(22)24-13-11-8-12-14(13)25-16(23)20(12,9-11)10-21/h11-14,16,23H,8-9H2,1-7H3. The molecule has 2 bridgehead atoms. The number of carbonyl (C=O) groups excluding carboxylic acids is 1. The first kappa shape index (κ1) is 18.7. The molecule has 5 nitrogen and oxygen atoms in total. The van der Waals surface area contributed by atoms with E-state index in [9.17, 15) is 15.2 Å². The van der Waals surface area contributed by atoms with Crippen LogP contribution in [-0.2, 0) is 14.3 Å². The van der Waals surface area contributed by atoms with E-state index in [4.69, 9.17) is 9.47 Å². The number of carbonyl (C=O) groups is 1. The van der Waals surface area contributed by atoms with Crippen LogP contribution >= 0.6 is 0 Å². The first-order valence-electron chi connectivity index (χ1n) is 9.25. The molecular weight excluding hydrogens is 318 g/mol. The summed E-state index contributed by atoms with van der Waals surface area (Å²) in [6.07, 6.45) is -0.458. The monoisotopic (exact) mass is 349 g/mol. The van der Waals surface area contributed by atoms with Crippen LogP contribution in [0.5, 0.6) is 0 Å². The van der Waals surface area contributed by atoms with E-state index >= 15 is 0 Å². The molecule has 1 saturated heterocycles. The second-order valence-corrected chi connectivity index (χ2v) is 10.4. The minimum atomic E-state index is -1.07. The lowest BCUT2D eigenvalue weighted by molar-refractivity contribution is -0.190. The molecule has 3 rings (SSSR count). The highest BCUT2D eigenvalue weighted by atomic mass is 16.6. The van der Waals surface area contributed by atoms with Crippen LogP contribution in [-0.4, -0.2) is 29.6 Å². The molecule has 1 N–H and O–H groups in total. The van der Waals surface area contributed by atoms with Gasteiger partial charge < -0.3 is 14.6 Å². The van der Waals surface area contributed by atoms with Gasteiger partial charge in [-0.3, -0.25) is 4.79 Å². The molecule has 3 fully saturated rings.